The smallest absolute Gasteiger partial charge is 0.272 e. The summed E-state index contributed by atoms with van der Waals surface area (Å²) in [7, 11) is 1.63. The number of amides is 2. The molecule has 0 saturated carbocycles. The molecule has 0 radical (unpaired) electrons. The number of nitrogens with one attached hydrogen (secondary N) is 1. The highest BCUT2D eigenvalue weighted by Gasteiger charge is 2.28. The van der Waals surface area contributed by atoms with Crippen LogP contribution in [-0.2, 0) is 13.1 Å². The van der Waals surface area contributed by atoms with Gasteiger partial charge in [0.25, 0.3) is 11.8 Å². The van der Waals surface area contributed by atoms with E-state index in [-0.39, 0.29) is 11.8 Å². The molecule has 8 heteroatoms. The van der Waals surface area contributed by atoms with Crippen LogP contribution in [0.4, 0.5) is 0 Å². The predicted molar refractivity (Wildman–Crippen MR) is 122 cm³/mol. The van der Waals surface area contributed by atoms with Crippen LogP contribution in [0.15, 0.2) is 30.3 Å². The largest absolute Gasteiger partial charge is 0.497 e. The lowest BCUT2D eigenvalue weighted by Crippen LogP contribution is -2.39. The van der Waals surface area contributed by atoms with E-state index in [2.05, 4.69) is 22.2 Å². The van der Waals surface area contributed by atoms with Crippen molar-refractivity contribution in [1.29, 1.82) is 0 Å². The molecule has 0 bridgehead atoms. The van der Waals surface area contributed by atoms with E-state index < -0.39 is 0 Å². The number of rotatable bonds is 8. The summed E-state index contributed by atoms with van der Waals surface area (Å²) in [6.07, 6.45) is 4.75. The highest BCUT2D eigenvalue weighted by molar-refractivity contribution is 5.98. The molecule has 4 rings (SSSR count). The fourth-order valence-corrected chi connectivity index (χ4v) is 4.56. The van der Waals surface area contributed by atoms with Gasteiger partial charge in [0.2, 0.25) is 0 Å². The van der Waals surface area contributed by atoms with Crippen molar-refractivity contribution >= 4 is 11.8 Å². The van der Waals surface area contributed by atoms with Crippen molar-refractivity contribution in [3.63, 3.8) is 0 Å². The number of methoxy groups -OCH3 is 1. The maximum Gasteiger partial charge on any atom is 0.272 e. The Bertz CT molecular complexity index is 957. The lowest BCUT2D eigenvalue weighted by Gasteiger charge is -2.33. The average molecular weight is 440 g/mol. The van der Waals surface area contributed by atoms with Crippen LogP contribution in [0.1, 0.15) is 59.1 Å². The van der Waals surface area contributed by atoms with Crippen molar-refractivity contribution in [2.24, 2.45) is 0 Å². The molecule has 0 aliphatic carbocycles. The minimum Gasteiger partial charge on any atom is -0.497 e. The quantitative estimate of drug-likeness (QED) is 0.640. The predicted octanol–water partition coefficient (Wildman–Crippen LogP) is 2.54. The van der Waals surface area contributed by atoms with Gasteiger partial charge in [0.1, 0.15) is 11.4 Å². The van der Waals surface area contributed by atoms with Crippen LogP contribution in [0.5, 0.6) is 5.75 Å². The molecule has 8 nitrogen and oxygen atoms in total. The van der Waals surface area contributed by atoms with E-state index in [0.29, 0.717) is 43.6 Å². The van der Waals surface area contributed by atoms with Gasteiger partial charge in [-0.05, 0) is 50.4 Å². The van der Waals surface area contributed by atoms with Gasteiger partial charge in [-0.2, -0.15) is 5.10 Å². The van der Waals surface area contributed by atoms with Gasteiger partial charge in [-0.1, -0.05) is 18.6 Å². The Labute approximate surface area is 189 Å². The second-order valence-corrected chi connectivity index (χ2v) is 8.71. The van der Waals surface area contributed by atoms with Gasteiger partial charge in [-0.25, -0.2) is 0 Å². The first kappa shape index (κ1) is 22.3. The summed E-state index contributed by atoms with van der Waals surface area (Å²) in [5, 5.41) is 7.34. The summed E-state index contributed by atoms with van der Waals surface area (Å²) in [5.74, 6) is 0.446. The van der Waals surface area contributed by atoms with E-state index in [1.165, 1.54) is 19.3 Å². The number of fused-ring (bicyclic) bond motifs is 1. The number of piperidine rings is 1. The van der Waals surface area contributed by atoms with Gasteiger partial charge in [-0.3, -0.25) is 14.3 Å². The molecule has 1 fully saturated rings. The maximum atomic E-state index is 13.0. The molecular formula is C24H33N5O3. The molecule has 2 aliphatic rings. The molecule has 1 saturated heterocycles. The molecule has 1 N–H and O–H groups in total. The summed E-state index contributed by atoms with van der Waals surface area (Å²) in [6.45, 7) is 6.67. The average Bonchev–Trinajstić information content (AvgIpc) is 3.25. The first-order valence-electron chi connectivity index (χ1n) is 11.6. The SMILES string of the molecule is COc1cccc(CN2CCn3nc(C(=O)NCCCN4CCCCC4C)cc3C2=O)c1. The fraction of sp³-hybridized carbons (Fsp3) is 0.542. The van der Waals surface area contributed by atoms with Gasteiger partial charge in [0.05, 0.1) is 13.7 Å². The Balaban J connectivity index is 1.30. The van der Waals surface area contributed by atoms with E-state index in [1.54, 1.807) is 22.8 Å². The number of ether oxygens (including phenoxy) is 1. The molecule has 1 aromatic heterocycles. The molecule has 2 aliphatic heterocycles. The standard InChI is InChI=1S/C24H33N5O3/c1-18-7-3-4-11-27(18)12-6-10-25-23(30)21-16-22-24(31)28(13-14-29(22)26-21)17-19-8-5-9-20(15-19)32-2/h5,8-9,15-16,18H,3-4,6-7,10-14,17H2,1-2H3,(H,25,30). The second-order valence-electron chi connectivity index (χ2n) is 8.71. The van der Waals surface area contributed by atoms with Gasteiger partial charge in [0, 0.05) is 38.3 Å². The monoisotopic (exact) mass is 439 g/mol. The zero-order chi connectivity index (χ0) is 22.5. The third-order valence-corrected chi connectivity index (χ3v) is 6.46. The minimum absolute atomic E-state index is 0.107. The zero-order valence-electron chi connectivity index (χ0n) is 19.0. The van der Waals surface area contributed by atoms with Gasteiger partial charge in [-0.15, -0.1) is 0 Å². The molecule has 1 unspecified atom stereocenters. The summed E-state index contributed by atoms with van der Waals surface area (Å²) < 4.78 is 6.92. The lowest BCUT2D eigenvalue weighted by molar-refractivity contribution is 0.0683. The number of carbonyl (C=O) groups excluding carboxylic acids is 2. The van der Waals surface area contributed by atoms with Crippen LogP contribution in [0.25, 0.3) is 0 Å². The molecular weight excluding hydrogens is 406 g/mol. The molecule has 3 heterocycles. The molecule has 2 aromatic rings. The Morgan fingerprint density at radius 1 is 1.22 bits per heavy atom. The zero-order valence-corrected chi connectivity index (χ0v) is 19.0. The summed E-state index contributed by atoms with van der Waals surface area (Å²) in [6, 6.07) is 9.96. The molecule has 1 aromatic carbocycles. The number of likely N-dealkylation sites (tertiary alicyclic amines) is 1. The number of nitrogens with zero attached hydrogens (tertiary/aromatic N) is 4. The summed E-state index contributed by atoms with van der Waals surface area (Å²) in [5.41, 5.74) is 1.78. The van der Waals surface area contributed by atoms with Crippen molar-refractivity contribution in [3.05, 3.63) is 47.3 Å². The number of benzene rings is 1. The van der Waals surface area contributed by atoms with Crippen LogP contribution in [0, 0.1) is 0 Å². The normalized spacial score (nSPS) is 19.0. The fourth-order valence-electron chi connectivity index (χ4n) is 4.56. The Hall–Kier alpha value is -2.87. The molecule has 1 atom stereocenters. The van der Waals surface area contributed by atoms with Crippen LogP contribution < -0.4 is 10.1 Å². The van der Waals surface area contributed by atoms with Crippen molar-refractivity contribution in [2.75, 3.05) is 33.3 Å². The van der Waals surface area contributed by atoms with Crippen molar-refractivity contribution in [1.82, 2.24) is 24.9 Å². The van der Waals surface area contributed by atoms with Gasteiger partial charge >= 0.3 is 0 Å². The highest BCUT2D eigenvalue weighted by Crippen LogP contribution is 2.19. The molecule has 32 heavy (non-hydrogen) atoms. The van der Waals surface area contributed by atoms with Crippen LogP contribution >= 0.6 is 0 Å². The third kappa shape index (κ3) is 5.12. The van der Waals surface area contributed by atoms with Gasteiger partial charge in [0.15, 0.2) is 5.69 Å². The van der Waals surface area contributed by atoms with Crippen molar-refractivity contribution in [2.45, 2.75) is 51.7 Å². The van der Waals surface area contributed by atoms with Crippen LogP contribution in [-0.4, -0.2) is 70.7 Å². The van der Waals surface area contributed by atoms with E-state index >= 15 is 0 Å². The Morgan fingerprint density at radius 2 is 2.09 bits per heavy atom. The number of hydrogen-bond acceptors (Lipinski definition) is 5. The third-order valence-electron chi connectivity index (χ3n) is 6.46. The molecule has 172 valence electrons. The van der Waals surface area contributed by atoms with E-state index in [0.717, 1.165) is 30.8 Å². The maximum absolute atomic E-state index is 13.0. The number of hydrogen-bond donors (Lipinski definition) is 1. The minimum atomic E-state index is -0.217. The number of aromatic nitrogens is 2. The van der Waals surface area contributed by atoms with Gasteiger partial charge < -0.3 is 19.9 Å². The highest BCUT2D eigenvalue weighted by atomic mass is 16.5. The summed E-state index contributed by atoms with van der Waals surface area (Å²) in [4.78, 5) is 29.8. The Kier molecular flexibility index (Phi) is 7.09. The van der Waals surface area contributed by atoms with Crippen LogP contribution in [0.3, 0.4) is 0 Å². The first-order valence-corrected chi connectivity index (χ1v) is 11.6. The van der Waals surface area contributed by atoms with E-state index in [9.17, 15) is 9.59 Å². The second kappa shape index (κ2) is 10.2. The molecule has 0 spiro atoms. The Morgan fingerprint density at radius 3 is 2.91 bits per heavy atom. The summed E-state index contributed by atoms with van der Waals surface area (Å²) >= 11 is 0. The van der Waals surface area contributed by atoms with E-state index in [4.69, 9.17) is 4.74 Å². The first-order chi connectivity index (χ1) is 15.5. The molecule has 2 amide bonds. The van der Waals surface area contributed by atoms with Crippen molar-refractivity contribution < 1.29 is 14.3 Å². The topological polar surface area (TPSA) is 79.7 Å². The van der Waals surface area contributed by atoms with Crippen molar-refractivity contribution in [3.8, 4) is 5.75 Å². The number of carbonyl (C=O) groups is 2. The van der Waals surface area contributed by atoms with Crippen LogP contribution in [0.2, 0.25) is 0 Å². The van der Waals surface area contributed by atoms with E-state index in [1.807, 2.05) is 24.3 Å². The lowest BCUT2D eigenvalue weighted by atomic mass is 10.0.